The highest BCUT2D eigenvalue weighted by Gasteiger charge is 2.05. The molecule has 0 saturated carbocycles. The molecule has 1 aromatic rings. The summed E-state index contributed by atoms with van der Waals surface area (Å²) in [5.41, 5.74) is 0.919. The SMILES string of the molecule is CN(Cl)Cc1cccc([N+](=O)[O-])c1. The van der Waals surface area contributed by atoms with Crippen molar-refractivity contribution in [3.05, 3.63) is 39.9 Å². The summed E-state index contributed by atoms with van der Waals surface area (Å²) in [6.07, 6.45) is 0. The van der Waals surface area contributed by atoms with Gasteiger partial charge in [-0.15, -0.1) is 0 Å². The molecule has 0 saturated heterocycles. The van der Waals surface area contributed by atoms with E-state index in [4.69, 9.17) is 11.8 Å². The van der Waals surface area contributed by atoms with Gasteiger partial charge in [0.25, 0.3) is 5.69 Å². The normalized spacial score (nSPS) is 10.4. The Labute approximate surface area is 81.0 Å². The van der Waals surface area contributed by atoms with Crippen LogP contribution >= 0.6 is 11.8 Å². The van der Waals surface area contributed by atoms with E-state index >= 15 is 0 Å². The van der Waals surface area contributed by atoms with Crippen LogP contribution in [0.2, 0.25) is 0 Å². The van der Waals surface area contributed by atoms with E-state index < -0.39 is 4.92 Å². The number of non-ortho nitro benzene ring substituents is 1. The van der Waals surface area contributed by atoms with E-state index in [0.29, 0.717) is 6.54 Å². The van der Waals surface area contributed by atoms with E-state index in [1.807, 2.05) is 0 Å². The van der Waals surface area contributed by atoms with Crippen LogP contribution in [0, 0.1) is 10.1 Å². The van der Waals surface area contributed by atoms with Gasteiger partial charge in [0.05, 0.1) is 4.92 Å². The lowest BCUT2D eigenvalue weighted by Gasteiger charge is -2.05. The number of nitro benzene ring substituents is 1. The number of hydrogen-bond acceptors (Lipinski definition) is 3. The molecule has 0 N–H and O–H groups in total. The van der Waals surface area contributed by atoms with Crippen LogP contribution < -0.4 is 0 Å². The molecule has 0 amide bonds. The fraction of sp³-hybridized carbons (Fsp3) is 0.250. The Balaban J connectivity index is 2.85. The van der Waals surface area contributed by atoms with E-state index in [9.17, 15) is 10.1 Å². The van der Waals surface area contributed by atoms with Crippen LogP contribution in [-0.4, -0.2) is 16.4 Å². The number of halogens is 1. The van der Waals surface area contributed by atoms with Gasteiger partial charge in [-0.1, -0.05) is 12.1 Å². The summed E-state index contributed by atoms with van der Waals surface area (Å²) < 4.78 is 1.44. The van der Waals surface area contributed by atoms with E-state index in [-0.39, 0.29) is 5.69 Å². The van der Waals surface area contributed by atoms with Crippen LogP contribution in [0.3, 0.4) is 0 Å². The van der Waals surface area contributed by atoms with Crippen LogP contribution in [0.1, 0.15) is 5.56 Å². The van der Waals surface area contributed by atoms with Crippen LogP contribution in [0.4, 0.5) is 5.69 Å². The third-order valence-electron chi connectivity index (χ3n) is 1.52. The Bertz CT molecular complexity index is 315. The Morgan fingerprint density at radius 2 is 2.31 bits per heavy atom. The summed E-state index contributed by atoms with van der Waals surface area (Å²) in [7, 11) is 1.69. The van der Waals surface area contributed by atoms with Crippen molar-refractivity contribution in [1.29, 1.82) is 0 Å². The lowest BCUT2D eigenvalue weighted by atomic mass is 10.2. The van der Waals surface area contributed by atoms with Crippen molar-refractivity contribution in [3.63, 3.8) is 0 Å². The zero-order valence-electron chi connectivity index (χ0n) is 7.11. The topological polar surface area (TPSA) is 46.4 Å². The van der Waals surface area contributed by atoms with Crippen LogP contribution in [0.25, 0.3) is 0 Å². The highest BCUT2D eigenvalue weighted by molar-refractivity contribution is 6.13. The largest absolute Gasteiger partial charge is 0.269 e. The van der Waals surface area contributed by atoms with Crippen molar-refractivity contribution in [2.75, 3.05) is 7.05 Å². The first-order valence-corrected chi connectivity index (χ1v) is 4.03. The van der Waals surface area contributed by atoms with Crippen LogP contribution in [-0.2, 0) is 6.54 Å². The number of nitro groups is 1. The Hall–Kier alpha value is -1.13. The van der Waals surface area contributed by atoms with Gasteiger partial charge < -0.3 is 0 Å². The molecule has 0 radical (unpaired) electrons. The first-order valence-electron chi connectivity index (χ1n) is 3.70. The van der Waals surface area contributed by atoms with Crippen molar-refractivity contribution in [3.8, 4) is 0 Å². The molecular weight excluding hydrogens is 192 g/mol. The lowest BCUT2D eigenvalue weighted by molar-refractivity contribution is -0.384. The van der Waals surface area contributed by atoms with Gasteiger partial charge in [-0.2, -0.15) is 0 Å². The van der Waals surface area contributed by atoms with Gasteiger partial charge in [-0.3, -0.25) is 10.1 Å². The third kappa shape index (κ3) is 3.01. The van der Waals surface area contributed by atoms with Crippen molar-refractivity contribution in [2.45, 2.75) is 6.54 Å². The average Bonchev–Trinajstić information content (AvgIpc) is 2.03. The van der Waals surface area contributed by atoms with Crippen LogP contribution in [0.15, 0.2) is 24.3 Å². The Morgan fingerprint density at radius 1 is 1.62 bits per heavy atom. The average molecular weight is 201 g/mol. The van der Waals surface area contributed by atoms with Gasteiger partial charge in [-0.25, -0.2) is 4.42 Å². The Kier molecular flexibility index (Phi) is 3.22. The molecule has 0 aliphatic heterocycles. The summed E-state index contributed by atoms with van der Waals surface area (Å²) >= 11 is 5.61. The Morgan fingerprint density at radius 3 is 2.85 bits per heavy atom. The highest BCUT2D eigenvalue weighted by Crippen LogP contribution is 2.14. The number of nitrogens with zero attached hydrogens (tertiary/aromatic N) is 2. The molecule has 0 aliphatic rings. The van der Waals surface area contributed by atoms with Crippen molar-refractivity contribution < 1.29 is 4.92 Å². The lowest BCUT2D eigenvalue weighted by Crippen LogP contribution is -2.04. The molecule has 1 rings (SSSR count). The van der Waals surface area contributed by atoms with Gasteiger partial charge in [0.2, 0.25) is 0 Å². The molecule has 0 unspecified atom stereocenters. The van der Waals surface area contributed by atoms with E-state index in [1.54, 1.807) is 19.2 Å². The van der Waals surface area contributed by atoms with Gasteiger partial charge in [0, 0.05) is 25.7 Å². The third-order valence-corrected chi connectivity index (χ3v) is 1.64. The summed E-state index contributed by atoms with van der Waals surface area (Å²) in [5, 5.41) is 10.4. The number of benzene rings is 1. The number of hydrogen-bond donors (Lipinski definition) is 0. The summed E-state index contributed by atoms with van der Waals surface area (Å²) in [6.45, 7) is 0.489. The maximum Gasteiger partial charge on any atom is 0.269 e. The van der Waals surface area contributed by atoms with Crippen molar-refractivity contribution in [1.82, 2.24) is 4.42 Å². The van der Waals surface area contributed by atoms with E-state index in [0.717, 1.165) is 5.56 Å². The predicted octanol–water partition coefficient (Wildman–Crippen LogP) is 2.18. The minimum absolute atomic E-state index is 0.0935. The summed E-state index contributed by atoms with van der Waals surface area (Å²) in [4.78, 5) is 9.98. The zero-order valence-corrected chi connectivity index (χ0v) is 7.86. The second-order valence-corrected chi connectivity index (χ2v) is 3.27. The first kappa shape index (κ1) is 9.95. The van der Waals surface area contributed by atoms with Crippen molar-refractivity contribution >= 4 is 17.5 Å². The fourth-order valence-corrected chi connectivity index (χ4v) is 1.16. The molecule has 13 heavy (non-hydrogen) atoms. The van der Waals surface area contributed by atoms with Gasteiger partial charge in [-0.05, 0) is 17.3 Å². The van der Waals surface area contributed by atoms with Crippen LogP contribution in [0.5, 0.6) is 0 Å². The first-order chi connectivity index (χ1) is 6.09. The minimum Gasteiger partial charge on any atom is -0.258 e. The van der Waals surface area contributed by atoms with E-state index in [2.05, 4.69) is 0 Å². The monoisotopic (exact) mass is 200 g/mol. The smallest absolute Gasteiger partial charge is 0.258 e. The molecular formula is C8H9ClN2O2. The van der Waals surface area contributed by atoms with Crippen molar-refractivity contribution in [2.24, 2.45) is 0 Å². The van der Waals surface area contributed by atoms with Gasteiger partial charge in [0.15, 0.2) is 0 Å². The molecule has 0 heterocycles. The maximum atomic E-state index is 10.4. The quantitative estimate of drug-likeness (QED) is 0.427. The highest BCUT2D eigenvalue weighted by atomic mass is 35.5. The molecule has 0 bridgehead atoms. The zero-order chi connectivity index (χ0) is 9.84. The predicted molar refractivity (Wildman–Crippen MR) is 50.4 cm³/mol. The maximum absolute atomic E-state index is 10.4. The molecule has 0 aliphatic carbocycles. The number of rotatable bonds is 3. The molecule has 5 heteroatoms. The van der Waals surface area contributed by atoms with E-state index in [1.165, 1.54) is 16.6 Å². The van der Waals surface area contributed by atoms with Gasteiger partial charge >= 0.3 is 0 Å². The molecule has 70 valence electrons. The molecule has 0 spiro atoms. The second-order valence-electron chi connectivity index (χ2n) is 2.69. The molecule has 4 nitrogen and oxygen atoms in total. The fourth-order valence-electron chi connectivity index (χ4n) is 1.02. The minimum atomic E-state index is -0.419. The standard InChI is InChI=1S/C8H9ClN2O2/c1-10(9)6-7-3-2-4-8(5-7)11(12)13/h2-5H,6H2,1H3. The summed E-state index contributed by atoms with van der Waals surface area (Å²) in [5.74, 6) is 0. The molecule has 1 aromatic carbocycles. The van der Waals surface area contributed by atoms with Gasteiger partial charge in [0.1, 0.15) is 0 Å². The second kappa shape index (κ2) is 4.20. The molecule has 0 fully saturated rings. The summed E-state index contributed by atoms with van der Waals surface area (Å²) in [6, 6.07) is 6.41. The molecule has 0 aromatic heterocycles. The molecule has 0 atom stereocenters.